The maximum atomic E-state index is 10.6. The quantitative estimate of drug-likeness (QED) is 0.754. The van der Waals surface area contributed by atoms with Gasteiger partial charge in [-0.25, -0.2) is 0 Å². The molecule has 90 valence electrons. The Morgan fingerprint density at radius 3 is 2.27 bits per heavy atom. The van der Waals surface area contributed by atoms with E-state index in [9.17, 15) is 5.11 Å². The molecule has 1 saturated carbocycles. The average molecular weight is 213 g/mol. The van der Waals surface area contributed by atoms with Crippen LogP contribution in [0, 0.1) is 11.3 Å². The minimum absolute atomic E-state index is 0.135. The third-order valence-electron chi connectivity index (χ3n) is 4.40. The van der Waals surface area contributed by atoms with Gasteiger partial charge in [0.25, 0.3) is 0 Å². The van der Waals surface area contributed by atoms with E-state index in [4.69, 9.17) is 5.73 Å². The molecule has 0 aromatic heterocycles. The average Bonchev–Trinajstić information content (AvgIpc) is 2.22. The van der Waals surface area contributed by atoms with E-state index in [-0.39, 0.29) is 5.41 Å². The van der Waals surface area contributed by atoms with E-state index < -0.39 is 5.60 Å². The zero-order valence-electron chi connectivity index (χ0n) is 10.6. The Morgan fingerprint density at radius 1 is 1.33 bits per heavy atom. The Bertz CT molecular complexity index is 193. The summed E-state index contributed by atoms with van der Waals surface area (Å²) in [7, 11) is 0. The first-order chi connectivity index (χ1) is 6.95. The van der Waals surface area contributed by atoms with E-state index >= 15 is 0 Å². The van der Waals surface area contributed by atoms with Crippen LogP contribution in [0.4, 0.5) is 0 Å². The third kappa shape index (κ3) is 2.73. The van der Waals surface area contributed by atoms with Crippen LogP contribution in [0.25, 0.3) is 0 Å². The van der Waals surface area contributed by atoms with Crippen LogP contribution in [0.3, 0.4) is 0 Å². The molecule has 0 aromatic rings. The van der Waals surface area contributed by atoms with Crippen LogP contribution in [0.5, 0.6) is 0 Å². The largest absolute Gasteiger partial charge is 0.389 e. The summed E-state index contributed by atoms with van der Waals surface area (Å²) in [6.45, 7) is 6.99. The molecule has 2 heteroatoms. The van der Waals surface area contributed by atoms with Crippen molar-refractivity contribution in [3.05, 3.63) is 0 Å². The molecule has 0 saturated heterocycles. The van der Waals surface area contributed by atoms with Crippen LogP contribution in [0.15, 0.2) is 0 Å². The van der Waals surface area contributed by atoms with E-state index in [1.165, 1.54) is 25.7 Å². The lowest BCUT2D eigenvalue weighted by Gasteiger charge is -2.46. The molecule has 15 heavy (non-hydrogen) atoms. The third-order valence-corrected chi connectivity index (χ3v) is 4.40. The van der Waals surface area contributed by atoms with E-state index in [2.05, 4.69) is 20.8 Å². The number of aliphatic hydroxyl groups is 1. The number of hydrogen-bond donors (Lipinski definition) is 2. The van der Waals surface area contributed by atoms with Gasteiger partial charge in [0.05, 0.1) is 5.60 Å². The highest BCUT2D eigenvalue weighted by Crippen LogP contribution is 2.44. The minimum Gasteiger partial charge on any atom is -0.389 e. The molecular formula is C13H27NO. The summed E-state index contributed by atoms with van der Waals surface area (Å²) >= 11 is 0. The van der Waals surface area contributed by atoms with Crippen molar-refractivity contribution in [1.82, 2.24) is 0 Å². The molecule has 2 nitrogen and oxygen atoms in total. The molecule has 0 aliphatic heterocycles. The molecule has 0 unspecified atom stereocenters. The monoisotopic (exact) mass is 213 g/mol. The van der Waals surface area contributed by atoms with Crippen molar-refractivity contribution in [3.63, 3.8) is 0 Å². The maximum Gasteiger partial charge on any atom is 0.0710 e. The van der Waals surface area contributed by atoms with Crippen LogP contribution >= 0.6 is 0 Å². The summed E-state index contributed by atoms with van der Waals surface area (Å²) in [6, 6.07) is 0. The standard InChI is InChI=1S/C13H27NO/c1-4-5-11-6-8-13(15,9-7-11)12(2,3)10-14/h11,15H,4-10,14H2,1-3H3. The fourth-order valence-corrected chi connectivity index (χ4v) is 2.72. The maximum absolute atomic E-state index is 10.6. The number of nitrogens with two attached hydrogens (primary N) is 1. The normalized spacial score (nSPS) is 33.0. The summed E-state index contributed by atoms with van der Waals surface area (Å²) < 4.78 is 0. The van der Waals surface area contributed by atoms with Gasteiger partial charge in [-0.1, -0.05) is 33.6 Å². The topological polar surface area (TPSA) is 46.2 Å². The van der Waals surface area contributed by atoms with Crippen molar-refractivity contribution in [2.75, 3.05) is 6.54 Å². The lowest BCUT2D eigenvalue weighted by Crippen LogP contribution is -2.51. The number of hydrogen-bond acceptors (Lipinski definition) is 2. The first-order valence-electron chi connectivity index (χ1n) is 6.37. The van der Waals surface area contributed by atoms with E-state index in [0.29, 0.717) is 6.54 Å². The van der Waals surface area contributed by atoms with Crippen molar-refractivity contribution in [2.45, 2.75) is 64.9 Å². The first kappa shape index (κ1) is 13.0. The predicted molar refractivity (Wildman–Crippen MR) is 64.7 cm³/mol. The Morgan fingerprint density at radius 2 is 1.87 bits per heavy atom. The molecule has 0 amide bonds. The molecule has 0 atom stereocenters. The second kappa shape index (κ2) is 4.84. The zero-order valence-corrected chi connectivity index (χ0v) is 10.6. The van der Waals surface area contributed by atoms with Gasteiger partial charge >= 0.3 is 0 Å². The van der Waals surface area contributed by atoms with E-state index in [1.54, 1.807) is 0 Å². The zero-order chi connectivity index (χ0) is 11.5. The summed E-state index contributed by atoms with van der Waals surface area (Å²) in [4.78, 5) is 0. The Hall–Kier alpha value is -0.0800. The highest BCUT2D eigenvalue weighted by atomic mass is 16.3. The predicted octanol–water partition coefficient (Wildman–Crippen LogP) is 2.69. The van der Waals surface area contributed by atoms with Crippen molar-refractivity contribution in [3.8, 4) is 0 Å². The van der Waals surface area contributed by atoms with E-state index in [1.807, 2.05) is 0 Å². The molecule has 3 N–H and O–H groups in total. The van der Waals surface area contributed by atoms with Crippen LogP contribution in [-0.2, 0) is 0 Å². The van der Waals surface area contributed by atoms with Gasteiger partial charge in [-0.05, 0) is 31.6 Å². The molecule has 0 radical (unpaired) electrons. The molecular weight excluding hydrogens is 186 g/mol. The van der Waals surface area contributed by atoms with Gasteiger partial charge in [-0.2, -0.15) is 0 Å². The van der Waals surface area contributed by atoms with Gasteiger partial charge in [-0.15, -0.1) is 0 Å². The molecule has 0 spiro atoms. The van der Waals surface area contributed by atoms with Crippen molar-refractivity contribution in [1.29, 1.82) is 0 Å². The lowest BCUT2D eigenvalue weighted by atomic mass is 9.64. The van der Waals surface area contributed by atoms with Gasteiger partial charge < -0.3 is 10.8 Å². The van der Waals surface area contributed by atoms with Gasteiger partial charge in [-0.3, -0.25) is 0 Å². The highest BCUT2D eigenvalue weighted by Gasteiger charge is 2.44. The molecule has 1 rings (SSSR count). The summed E-state index contributed by atoms with van der Waals surface area (Å²) in [5.41, 5.74) is 5.10. The van der Waals surface area contributed by atoms with Gasteiger partial charge in [0.1, 0.15) is 0 Å². The Labute approximate surface area is 94.2 Å². The molecule has 1 aliphatic rings. The first-order valence-corrected chi connectivity index (χ1v) is 6.37. The Balaban J connectivity index is 2.54. The fourth-order valence-electron chi connectivity index (χ4n) is 2.72. The summed E-state index contributed by atoms with van der Waals surface area (Å²) in [6.07, 6.45) is 6.80. The fraction of sp³-hybridized carbons (Fsp3) is 1.00. The smallest absolute Gasteiger partial charge is 0.0710 e. The second-order valence-corrected chi connectivity index (χ2v) is 5.85. The lowest BCUT2D eigenvalue weighted by molar-refractivity contribution is -0.0973. The molecule has 0 bridgehead atoms. The molecule has 1 fully saturated rings. The molecule has 0 aromatic carbocycles. The highest BCUT2D eigenvalue weighted by molar-refractivity contribution is 4.97. The van der Waals surface area contributed by atoms with Crippen molar-refractivity contribution < 1.29 is 5.11 Å². The second-order valence-electron chi connectivity index (χ2n) is 5.85. The van der Waals surface area contributed by atoms with Crippen molar-refractivity contribution >= 4 is 0 Å². The van der Waals surface area contributed by atoms with Crippen molar-refractivity contribution in [2.24, 2.45) is 17.1 Å². The van der Waals surface area contributed by atoms with Crippen LogP contribution in [0.2, 0.25) is 0 Å². The summed E-state index contributed by atoms with van der Waals surface area (Å²) in [5, 5.41) is 10.6. The van der Waals surface area contributed by atoms with Crippen LogP contribution in [0.1, 0.15) is 59.3 Å². The summed E-state index contributed by atoms with van der Waals surface area (Å²) in [5.74, 6) is 0.837. The van der Waals surface area contributed by atoms with Crippen LogP contribution in [-0.4, -0.2) is 17.3 Å². The van der Waals surface area contributed by atoms with E-state index in [0.717, 1.165) is 18.8 Å². The van der Waals surface area contributed by atoms with Gasteiger partial charge in [0.15, 0.2) is 0 Å². The number of rotatable bonds is 4. The molecule has 1 aliphatic carbocycles. The van der Waals surface area contributed by atoms with Crippen LogP contribution < -0.4 is 5.73 Å². The Kier molecular flexibility index (Phi) is 4.19. The minimum atomic E-state index is -0.522. The SMILES string of the molecule is CCCC1CCC(O)(C(C)(C)CN)CC1. The van der Waals surface area contributed by atoms with Gasteiger partial charge in [0.2, 0.25) is 0 Å². The van der Waals surface area contributed by atoms with Gasteiger partial charge in [0, 0.05) is 12.0 Å². The molecule has 0 heterocycles.